The van der Waals surface area contributed by atoms with Crippen molar-refractivity contribution in [2.45, 2.75) is 18.4 Å². The van der Waals surface area contributed by atoms with Gasteiger partial charge in [-0.1, -0.05) is 0 Å². The van der Waals surface area contributed by atoms with Gasteiger partial charge in [0, 0.05) is 32.7 Å². The third kappa shape index (κ3) is 1.46. The summed E-state index contributed by atoms with van der Waals surface area (Å²) < 4.78 is 26.0. The van der Waals surface area contributed by atoms with Crippen molar-refractivity contribution < 1.29 is 8.42 Å². The summed E-state index contributed by atoms with van der Waals surface area (Å²) >= 11 is 0. The normalized spacial score (nSPS) is 27.7. The summed E-state index contributed by atoms with van der Waals surface area (Å²) in [6, 6.07) is 0. The Morgan fingerprint density at radius 3 is 2.21 bits per heavy atom. The van der Waals surface area contributed by atoms with Gasteiger partial charge in [0.15, 0.2) is 0 Å². The van der Waals surface area contributed by atoms with Crippen LogP contribution in [-0.4, -0.2) is 49.8 Å². The van der Waals surface area contributed by atoms with Crippen LogP contribution in [0, 0.1) is 5.92 Å². The summed E-state index contributed by atoms with van der Waals surface area (Å²) in [5.41, 5.74) is 5.84. The molecule has 1 aliphatic heterocycles. The van der Waals surface area contributed by atoms with Gasteiger partial charge in [0.2, 0.25) is 0 Å². The van der Waals surface area contributed by atoms with E-state index >= 15 is 0 Å². The Bertz CT molecular complexity index is 328. The van der Waals surface area contributed by atoms with E-state index in [4.69, 9.17) is 5.73 Å². The average molecular weight is 219 g/mol. The highest BCUT2D eigenvalue weighted by atomic mass is 32.2. The van der Waals surface area contributed by atoms with Crippen molar-refractivity contribution in [3.8, 4) is 0 Å². The van der Waals surface area contributed by atoms with E-state index in [-0.39, 0.29) is 5.54 Å². The average Bonchev–Trinajstić information content (AvgIpc) is 2.80. The van der Waals surface area contributed by atoms with E-state index in [1.807, 2.05) is 0 Å². The van der Waals surface area contributed by atoms with Crippen LogP contribution in [0.5, 0.6) is 0 Å². The first-order valence-electron chi connectivity index (χ1n) is 4.83. The Morgan fingerprint density at radius 2 is 1.86 bits per heavy atom. The number of nitrogens with two attached hydrogens (primary N) is 1. The van der Waals surface area contributed by atoms with Gasteiger partial charge >= 0.3 is 0 Å². The second-order valence-corrected chi connectivity index (χ2v) is 6.71. The van der Waals surface area contributed by atoms with E-state index in [9.17, 15) is 8.42 Å². The summed E-state index contributed by atoms with van der Waals surface area (Å²) in [4.78, 5) is 0. The molecular weight excluding hydrogens is 202 g/mol. The molecule has 82 valence electrons. The lowest BCUT2D eigenvalue weighted by molar-refractivity contribution is 0.129. The van der Waals surface area contributed by atoms with Crippen molar-refractivity contribution in [2.75, 3.05) is 27.2 Å². The topological polar surface area (TPSA) is 66.6 Å². The first-order chi connectivity index (χ1) is 6.36. The van der Waals surface area contributed by atoms with Crippen LogP contribution in [0.2, 0.25) is 0 Å². The molecule has 0 aromatic carbocycles. The quantitative estimate of drug-likeness (QED) is 0.677. The van der Waals surface area contributed by atoms with Crippen LogP contribution in [0.1, 0.15) is 12.8 Å². The number of rotatable bonds is 3. The van der Waals surface area contributed by atoms with Gasteiger partial charge in [-0.3, -0.25) is 0 Å². The number of hydrogen-bond donors (Lipinski definition) is 1. The minimum absolute atomic E-state index is 0.233. The van der Waals surface area contributed by atoms with E-state index in [0.717, 1.165) is 12.8 Å². The summed E-state index contributed by atoms with van der Waals surface area (Å²) in [5, 5.41) is 0. The summed E-state index contributed by atoms with van der Waals surface area (Å²) in [5.74, 6) is 0.552. The molecule has 2 N–H and O–H groups in total. The minimum atomic E-state index is -3.23. The Kier molecular flexibility index (Phi) is 2.15. The molecule has 1 heterocycles. The van der Waals surface area contributed by atoms with Crippen LogP contribution < -0.4 is 5.73 Å². The molecule has 0 amide bonds. The molecule has 0 radical (unpaired) electrons. The standard InChI is InChI=1S/C8H17N3O2S/c1-10(2)14(12,13)11-5-8(9,6-11)7-3-4-7/h7H,3-6,9H2,1-2H3. The molecule has 0 unspecified atom stereocenters. The SMILES string of the molecule is CN(C)S(=O)(=O)N1CC(N)(C2CC2)C1. The highest BCUT2D eigenvalue weighted by Gasteiger charge is 2.53. The molecule has 1 saturated heterocycles. The lowest BCUT2D eigenvalue weighted by Gasteiger charge is -2.47. The summed E-state index contributed by atoms with van der Waals surface area (Å²) in [7, 11) is -0.141. The fraction of sp³-hybridized carbons (Fsp3) is 1.00. The van der Waals surface area contributed by atoms with Gasteiger partial charge in [0.1, 0.15) is 0 Å². The number of nitrogens with zero attached hydrogens (tertiary/aromatic N) is 2. The third-order valence-electron chi connectivity index (χ3n) is 3.12. The van der Waals surface area contributed by atoms with Gasteiger partial charge < -0.3 is 5.73 Å². The van der Waals surface area contributed by atoms with Crippen molar-refractivity contribution in [3.05, 3.63) is 0 Å². The maximum Gasteiger partial charge on any atom is 0.281 e. The predicted octanol–water partition coefficient (Wildman–Crippen LogP) is -0.784. The van der Waals surface area contributed by atoms with E-state index in [1.165, 1.54) is 8.61 Å². The highest BCUT2D eigenvalue weighted by molar-refractivity contribution is 7.86. The molecule has 0 aromatic heterocycles. The van der Waals surface area contributed by atoms with Gasteiger partial charge in [-0.2, -0.15) is 17.0 Å². The van der Waals surface area contributed by atoms with Crippen molar-refractivity contribution in [1.82, 2.24) is 8.61 Å². The lowest BCUT2D eigenvalue weighted by atomic mass is 9.88. The van der Waals surface area contributed by atoms with E-state index in [2.05, 4.69) is 0 Å². The largest absolute Gasteiger partial charge is 0.323 e. The van der Waals surface area contributed by atoms with E-state index < -0.39 is 10.2 Å². The zero-order valence-corrected chi connectivity index (χ0v) is 9.42. The highest BCUT2D eigenvalue weighted by Crippen LogP contribution is 2.43. The molecule has 2 fully saturated rings. The first kappa shape index (κ1) is 10.4. The van der Waals surface area contributed by atoms with Crippen LogP contribution in [0.15, 0.2) is 0 Å². The molecule has 0 aromatic rings. The lowest BCUT2D eigenvalue weighted by Crippen LogP contribution is -2.70. The van der Waals surface area contributed by atoms with Crippen molar-refractivity contribution in [3.63, 3.8) is 0 Å². The van der Waals surface area contributed by atoms with Gasteiger partial charge in [0.05, 0.1) is 0 Å². The van der Waals surface area contributed by atoms with Crippen molar-refractivity contribution in [1.29, 1.82) is 0 Å². The first-order valence-corrected chi connectivity index (χ1v) is 6.22. The van der Waals surface area contributed by atoms with Crippen LogP contribution in [0.25, 0.3) is 0 Å². The van der Waals surface area contributed by atoms with Crippen LogP contribution >= 0.6 is 0 Å². The monoisotopic (exact) mass is 219 g/mol. The molecule has 2 aliphatic rings. The van der Waals surface area contributed by atoms with Crippen LogP contribution in [0.3, 0.4) is 0 Å². The molecule has 6 heteroatoms. The summed E-state index contributed by atoms with van der Waals surface area (Å²) in [6.45, 7) is 0.969. The molecule has 0 atom stereocenters. The fourth-order valence-electron chi connectivity index (χ4n) is 1.92. The van der Waals surface area contributed by atoms with E-state index in [0.29, 0.717) is 19.0 Å². The van der Waals surface area contributed by atoms with Crippen molar-refractivity contribution >= 4 is 10.2 Å². The van der Waals surface area contributed by atoms with Gasteiger partial charge in [-0.25, -0.2) is 0 Å². The van der Waals surface area contributed by atoms with Gasteiger partial charge in [0.25, 0.3) is 10.2 Å². The zero-order valence-electron chi connectivity index (χ0n) is 8.60. The maximum atomic E-state index is 11.6. The molecule has 2 rings (SSSR count). The molecule has 5 nitrogen and oxygen atoms in total. The van der Waals surface area contributed by atoms with Crippen LogP contribution in [0.4, 0.5) is 0 Å². The Labute approximate surface area is 85.0 Å². The fourth-order valence-corrected chi connectivity index (χ4v) is 3.19. The van der Waals surface area contributed by atoms with E-state index in [1.54, 1.807) is 14.1 Å². The maximum absolute atomic E-state index is 11.6. The molecule has 0 spiro atoms. The molecule has 1 aliphatic carbocycles. The Morgan fingerprint density at radius 1 is 1.36 bits per heavy atom. The predicted molar refractivity (Wildman–Crippen MR) is 53.8 cm³/mol. The Balaban J connectivity index is 2.00. The second kappa shape index (κ2) is 2.91. The van der Waals surface area contributed by atoms with Gasteiger partial charge in [-0.05, 0) is 18.8 Å². The van der Waals surface area contributed by atoms with Crippen LogP contribution in [-0.2, 0) is 10.2 Å². The zero-order chi connectivity index (χ0) is 10.6. The molecule has 1 saturated carbocycles. The Hall–Kier alpha value is -0.170. The number of hydrogen-bond acceptors (Lipinski definition) is 3. The molecule has 14 heavy (non-hydrogen) atoms. The molecular formula is C8H17N3O2S. The van der Waals surface area contributed by atoms with Crippen molar-refractivity contribution in [2.24, 2.45) is 11.7 Å². The second-order valence-electron chi connectivity index (χ2n) is 4.57. The molecule has 0 bridgehead atoms. The smallest absolute Gasteiger partial charge is 0.281 e. The summed E-state index contributed by atoms with van der Waals surface area (Å²) in [6.07, 6.45) is 2.32. The minimum Gasteiger partial charge on any atom is -0.323 e. The third-order valence-corrected chi connectivity index (χ3v) is 4.95. The van der Waals surface area contributed by atoms with Gasteiger partial charge in [-0.15, -0.1) is 0 Å².